The summed E-state index contributed by atoms with van der Waals surface area (Å²) in [7, 11) is -6.92. The van der Waals surface area contributed by atoms with Crippen molar-refractivity contribution < 1.29 is 16.8 Å². The summed E-state index contributed by atoms with van der Waals surface area (Å²) in [4.78, 5) is 0. The van der Waals surface area contributed by atoms with Crippen LogP contribution in [0.5, 0.6) is 0 Å². The van der Waals surface area contributed by atoms with Crippen molar-refractivity contribution in [2.24, 2.45) is 0 Å². The minimum atomic E-state index is -3.64. The summed E-state index contributed by atoms with van der Waals surface area (Å²) >= 11 is 0. The van der Waals surface area contributed by atoms with Crippen LogP contribution in [0.3, 0.4) is 0 Å². The number of aromatic amines is 1. The molecule has 0 amide bonds. The van der Waals surface area contributed by atoms with E-state index in [4.69, 9.17) is 0 Å². The van der Waals surface area contributed by atoms with Gasteiger partial charge in [0.15, 0.2) is 0 Å². The first-order chi connectivity index (χ1) is 6.79. The topological polar surface area (TPSA) is 109 Å². The van der Waals surface area contributed by atoms with Gasteiger partial charge in [-0.15, -0.1) is 0 Å². The second kappa shape index (κ2) is 4.19. The number of nitrogens with zero attached hydrogens (tertiary/aromatic N) is 1. The van der Waals surface area contributed by atoms with Crippen molar-refractivity contribution in [3.05, 3.63) is 12.3 Å². The number of nitrogens with one attached hydrogen (secondary N) is 2. The van der Waals surface area contributed by atoms with Crippen molar-refractivity contribution in [2.45, 2.75) is 0 Å². The Morgan fingerprint density at radius 1 is 1.33 bits per heavy atom. The van der Waals surface area contributed by atoms with Crippen molar-refractivity contribution in [3.63, 3.8) is 0 Å². The summed E-state index contributed by atoms with van der Waals surface area (Å²) in [6.07, 6.45) is 2.37. The molecule has 0 saturated heterocycles. The van der Waals surface area contributed by atoms with E-state index in [9.17, 15) is 16.8 Å². The average molecular weight is 253 g/mol. The molecule has 0 saturated carbocycles. The SMILES string of the molecule is CS(=O)(=O)CCS(=O)(=O)Nc1ccn[nH]1. The van der Waals surface area contributed by atoms with Crippen LogP contribution in [0.2, 0.25) is 0 Å². The molecule has 0 radical (unpaired) electrons. The summed E-state index contributed by atoms with van der Waals surface area (Å²) in [5.74, 6) is -0.662. The second-order valence-electron chi connectivity index (χ2n) is 3.02. The van der Waals surface area contributed by atoms with Crippen molar-refractivity contribution in [2.75, 3.05) is 22.5 Å². The molecule has 1 aromatic heterocycles. The fourth-order valence-electron chi connectivity index (χ4n) is 0.792. The van der Waals surface area contributed by atoms with Gasteiger partial charge in [-0.2, -0.15) is 5.10 Å². The number of sulfone groups is 1. The van der Waals surface area contributed by atoms with Crippen molar-refractivity contribution in [3.8, 4) is 0 Å². The van der Waals surface area contributed by atoms with Gasteiger partial charge in [-0.1, -0.05) is 0 Å². The molecule has 2 N–H and O–H groups in total. The Hall–Kier alpha value is -1.09. The van der Waals surface area contributed by atoms with E-state index in [0.717, 1.165) is 6.26 Å². The Morgan fingerprint density at radius 3 is 2.47 bits per heavy atom. The van der Waals surface area contributed by atoms with Gasteiger partial charge in [0.05, 0.1) is 17.7 Å². The van der Waals surface area contributed by atoms with Crippen molar-refractivity contribution in [1.82, 2.24) is 10.2 Å². The van der Waals surface area contributed by atoms with E-state index in [1.54, 1.807) is 0 Å². The third kappa shape index (κ3) is 4.79. The maximum Gasteiger partial charge on any atom is 0.234 e. The van der Waals surface area contributed by atoms with Crippen LogP contribution in [0, 0.1) is 0 Å². The van der Waals surface area contributed by atoms with Crippen LogP contribution >= 0.6 is 0 Å². The Labute approximate surface area is 87.9 Å². The van der Waals surface area contributed by atoms with E-state index >= 15 is 0 Å². The monoisotopic (exact) mass is 253 g/mol. The molecule has 15 heavy (non-hydrogen) atoms. The van der Waals surface area contributed by atoms with E-state index in [1.807, 2.05) is 0 Å². The zero-order chi connectivity index (χ0) is 11.5. The lowest BCUT2D eigenvalue weighted by Gasteiger charge is -2.04. The van der Waals surface area contributed by atoms with Crippen LogP contribution in [0.1, 0.15) is 0 Å². The second-order valence-corrected chi connectivity index (χ2v) is 7.12. The predicted octanol–water partition coefficient (Wildman–Crippen LogP) is -0.804. The first-order valence-electron chi connectivity index (χ1n) is 3.96. The minimum Gasteiger partial charge on any atom is -0.268 e. The van der Waals surface area contributed by atoms with Gasteiger partial charge in [-0.3, -0.25) is 9.82 Å². The van der Waals surface area contributed by atoms with E-state index in [1.165, 1.54) is 12.3 Å². The highest BCUT2D eigenvalue weighted by molar-refractivity contribution is 7.95. The van der Waals surface area contributed by atoms with Gasteiger partial charge in [-0.25, -0.2) is 16.8 Å². The van der Waals surface area contributed by atoms with E-state index < -0.39 is 31.4 Å². The van der Waals surface area contributed by atoms with E-state index in [-0.39, 0.29) is 5.82 Å². The predicted molar refractivity (Wildman–Crippen MR) is 55.7 cm³/mol. The molecule has 7 nitrogen and oxygen atoms in total. The lowest BCUT2D eigenvalue weighted by atomic mass is 10.7. The lowest BCUT2D eigenvalue weighted by molar-refractivity contribution is 0.593. The number of aromatic nitrogens is 2. The first-order valence-corrected chi connectivity index (χ1v) is 7.67. The fourth-order valence-corrected chi connectivity index (χ4v) is 3.43. The van der Waals surface area contributed by atoms with E-state index in [0.29, 0.717) is 0 Å². The Kier molecular flexibility index (Phi) is 3.35. The number of hydrogen-bond acceptors (Lipinski definition) is 5. The summed E-state index contributed by atoms with van der Waals surface area (Å²) in [6.45, 7) is 0. The molecule has 0 atom stereocenters. The van der Waals surface area contributed by atoms with Crippen LogP contribution in [0.25, 0.3) is 0 Å². The van der Waals surface area contributed by atoms with Gasteiger partial charge in [0.25, 0.3) is 0 Å². The van der Waals surface area contributed by atoms with Gasteiger partial charge in [0.2, 0.25) is 10.0 Å². The normalized spacial score (nSPS) is 12.6. The molecule has 0 aliphatic heterocycles. The maximum absolute atomic E-state index is 11.3. The molecule has 0 spiro atoms. The fraction of sp³-hybridized carbons (Fsp3) is 0.500. The molecule has 0 fully saturated rings. The molecule has 9 heteroatoms. The quantitative estimate of drug-likeness (QED) is 0.713. The van der Waals surface area contributed by atoms with Crippen LogP contribution in [0.4, 0.5) is 5.82 Å². The number of anilines is 1. The Balaban J connectivity index is 2.61. The maximum atomic E-state index is 11.3. The molecule has 0 aliphatic rings. The largest absolute Gasteiger partial charge is 0.268 e. The molecule has 0 aromatic carbocycles. The highest BCUT2D eigenvalue weighted by Crippen LogP contribution is 2.03. The molecular formula is C6H11N3O4S2. The zero-order valence-electron chi connectivity index (χ0n) is 7.97. The number of sulfonamides is 1. The molecule has 0 aliphatic carbocycles. The highest BCUT2D eigenvalue weighted by Gasteiger charge is 2.14. The van der Waals surface area contributed by atoms with Crippen molar-refractivity contribution >= 4 is 25.7 Å². The molecule has 0 unspecified atom stereocenters. The summed E-state index contributed by atoms with van der Waals surface area (Å²) in [5.41, 5.74) is 0. The number of hydrogen-bond donors (Lipinski definition) is 2. The summed E-state index contributed by atoms with van der Waals surface area (Å²) in [5, 5.41) is 5.95. The lowest BCUT2D eigenvalue weighted by Crippen LogP contribution is -2.22. The minimum absolute atomic E-state index is 0.212. The number of rotatable bonds is 5. The molecule has 1 aromatic rings. The highest BCUT2D eigenvalue weighted by atomic mass is 32.2. The smallest absolute Gasteiger partial charge is 0.234 e. The molecule has 0 bridgehead atoms. The van der Waals surface area contributed by atoms with Crippen LogP contribution in [-0.2, 0) is 19.9 Å². The van der Waals surface area contributed by atoms with Gasteiger partial charge < -0.3 is 0 Å². The van der Waals surface area contributed by atoms with Crippen LogP contribution < -0.4 is 4.72 Å². The number of H-pyrrole nitrogens is 1. The molecular weight excluding hydrogens is 242 g/mol. The molecule has 1 rings (SSSR count). The summed E-state index contributed by atoms with van der Waals surface area (Å²) < 4.78 is 46.3. The average Bonchev–Trinajstić information content (AvgIpc) is 2.52. The Bertz CT molecular complexity index is 503. The van der Waals surface area contributed by atoms with E-state index in [2.05, 4.69) is 14.9 Å². The molecule has 1 heterocycles. The van der Waals surface area contributed by atoms with Crippen molar-refractivity contribution in [1.29, 1.82) is 0 Å². The Morgan fingerprint density at radius 2 is 2.00 bits per heavy atom. The third-order valence-electron chi connectivity index (χ3n) is 1.49. The van der Waals surface area contributed by atoms with Crippen LogP contribution in [0.15, 0.2) is 12.3 Å². The first kappa shape index (κ1) is 12.0. The van der Waals surface area contributed by atoms with Gasteiger partial charge >= 0.3 is 0 Å². The van der Waals surface area contributed by atoms with Gasteiger partial charge in [0.1, 0.15) is 15.7 Å². The van der Waals surface area contributed by atoms with Gasteiger partial charge in [-0.05, 0) is 0 Å². The van der Waals surface area contributed by atoms with Gasteiger partial charge in [0, 0.05) is 12.3 Å². The third-order valence-corrected chi connectivity index (χ3v) is 3.97. The zero-order valence-corrected chi connectivity index (χ0v) is 9.60. The van der Waals surface area contributed by atoms with Crippen LogP contribution in [-0.4, -0.2) is 44.8 Å². The molecule has 86 valence electrons. The standard InChI is InChI=1S/C6H11N3O4S2/c1-14(10,11)4-5-15(12,13)9-6-2-3-7-8-6/h2-3H,4-5H2,1H3,(H2,7,8,9). The summed E-state index contributed by atoms with van der Waals surface area (Å²) in [6, 6.07) is 1.43.